The molecular formula is C13H20Cl2N2O. The van der Waals surface area contributed by atoms with E-state index in [4.69, 9.17) is 4.74 Å². The number of rotatable bonds is 2. The number of halogens is 2. The summed E-state index contributed by atoms with van der Waals surface area (Å²) in [6.07, 6.45) is 0. The Morgan fingerprint density at radius 2 is 1.78 bits per heavy atom. The summed E-state index contributed by atoms with van der Waals surface area (Å²) in [6.45, 7) is 3.47. The Balaban J connectivity index is 0.000000810. The van der Waals surface area contributed by atoms with Gasteiger partial charge in [-0.25, -0.2) is 0 Å². The summed E-state index contributed by atoms with van der Waals surface area (Å²) >= 11 is 0. The molecule has 0 aromatic heterocycles. The van der Waals surface area contributed by atoms with Crippen LogP contribution in [-0.4, -0.2) is 26.7 Å². The molecule has 2 saturated heterocycles. The summed E-state index contributed by atoms with van der Waals surface area (Å²) in [6, 6.07) is 8.97. The third kappa shape index (κ3) is 2.75. The Labute approximate surface area is 120 Å². The van der Waals surface area contributed by atoms with E-state index in [-0.39, 0.29) is 24.8 Å². The first-order chi connectivity index (χ1) is 7.88. The van der Waals surface area contributed by atoms with Crippen molar-refractivity contribution in [2.75, 3.05) is 26.7 Å². The SMILES string of the molecule is COc1ccc([C@@H]2NC[C@@H]3CNC[C@@H]32)cc1.Cl.Cl. The molecule has 3 nitrogen and oxygen atoms in total. The Bertz CT molecular complexity index is 372. The van der Waals surface area contributed by atoms with Gasteiger partial charge in [0.25, 0.3) is 0 Å². The van der Waals surface area contributed by atoms with Gasteiger partial charge in [-0.05, 0) is 36.1 Å². The highest BCUT2D eigenvalue weighted by molar-refractivity contribution is 5.85. The van der Waals surface area contributed by atoms with Crippen molar-refractivity contribution >= 4 is 24.8 Å². The van der Waals surface area contributed by atoms with Gasteiger partial charge in [0.15, 0.2) is 0 Å². The van der Waals surface area contributed by atoms with Crippen LogP contribution in [0.25, 0.3) is 0 Å². The van der Waals surface area contributed by atoms with E-state index in [9.17, 15) is 0 Å². The second-order valence-corrected chi connectivity index (χ2v) is 4.74. The lowest BCUT2D eigenvalue weighted by Crippen LogP contribution is -2.23. The van der Waals surface area contributed by atoms with Gasteiger partial charge in [-0.2, -0.15) is 0 Å². The van der Waals surface area contributed by atoms with Crippen LogP contribution in [0.4, 0.5) is 0 Å². The molecule has 3 rings (SSSR count). The molecule has 0 bridgehead atoms. The van der Waals surface area contributed by atoms with Crippen molar-refractivity contribution in [3.05, 3.63) is 29.8 Å². The van der Waals surface area contributed by atoms with Gasteiger partial charge >= 0.3 is 0 Å². The van der Waals surface area contributed by atoms with Gasteiger partial charge in [0.1, 0.15) is 5.75 Å². The molecule has 0 aliphatic carbocycles. The highest BCUT2D eigenvalue weighted by Gasteiger charge is 2.39. The van der Waals surface area contributed by atoms with Crippen LogP contribution in [0, 0.1) is 11.8 Å². The van der Waals surface area contributed by atoms with Crippen LogP contribution >= 0.6 is 24.8 Å². The van der Waals surface area contributed by atoms with Crippen LogP contribution in [0.5, 0.6) is 5.75 Å². The molecule has 5 heteroatoms. The van der Waals surface area contributed by atoms with Crippen LogP contribution in [0.15, 0.2) is 24.3 Å². The van der Waals surface area contributed by atoms with Crippen LogP contribution < -0.4 is 15.4 Å². The second-order valence-electron chi connectivity index (χ2n) is 4.74. The van der Waals surface area contributed by atoms with Crippen LogP contribution in [0.2, 0.25) is 0 Å². The predicted octanol–water partition coefficient (Wildman–Crippen LogP) is 2.02. The maximum absolute atomic E-state index is 5.19. The van der Waals surface area contributed by atoms with E-state index in [1.54, 1.807) is 7.11 Å². The predicted molar refractivity (Wildman–Crippen MR) is 78.1 cm³/mol. The van der Waals surface area contributed by atoms with Crippen LogP contribution in [-0.2, 0) is 0 Å². The zero-order chi connectivity index (χ0) is 11.0. The van der Waals surface area contributed by atoms with Gasteiger partial charge in [0, 0.05) is 19.1 Å². The van der Waals surface area contributed by atoms with E-state index < -0.39 is 0 Å². The average Bonchev–Trinajstić information content (AvgIpc) is 2.91. The standard InChI is InChI=1S/C13H18N2O.2ClH/c1-16-11-4-2-9(3-5-11)13-12-8-14-6-10(12)7-15-13;;/h2-5,10,12-15H,6-8H2,1H3;2*1H/t10-,12-,13-;;/m0../s1. The maximum Gasteiger partial charge on any atom is 0.118 e. The number of hydrogen-bond acceptors (Lipinski definition) is 3. The lowest BCUT2D eigenvalue weighted by Gasteiger charge is -2.18. The fraction of sp³-hybridized carbons (Fsp3) is 0.538. The molecule has 0 unspecified atom stereocenters. The number of methoxy groups -OCH3 is 1. The minimum Gasteiger partial charge on any atom is -0.497 e. The first-order valence-electron chi connectivity index (χ1n) is 5.96. The third-order valence-corrected chi connectivity index (χ3v) is 3.90. The topological polar surface area (TPSA) is 33.3 Å². The molecule has 18 heavy (non-hydrogen) atoms. The van der Waals surface area contributed by atoms with Gasteiger partial charge in [-0.3, -0.25) is 0 Å². The number of ether oxygens (including phenoxy) is 1. The highest BCUT2D eigenvalue weighted by atomic mass is 35.5. The van der Waals surface area contributed by atoms with E-state index in [1.807, 2.05) is 12.1 Å². The minimum absolute atomic E-state index is 0. The maximum atomic E-state index is 5.19. The number of nitrogens with one attached hydrogen (secondary N) is 2. The lowest BCUT2D eigenvalue weighted by atomic mass is 9.90. The van der Waals surface area contributed by atoms with E-state index in [0.29, 0.717) is 6.04 Å². The average molecular weight is 291 g/mol. The monoisotopic (exact) mass is 290 g/mol. The van der Waals surface area contributed by atoms with Gasteiger partial charge in [-0.1, -0.05) is 12.1 Å². The molecule has 1 aromatic carbocycles. The molecule has 2 N–H and O–H groups in total. The molecule has 2 heterocycles. The fourth-order valence-electron chi connectivity index (χ4n) is 2.97. The molecule has 2 aliphatic heterocycles. The normalized spacial score (nSPS) is 29.1. The summed E-state index contributed by atoms with van der Waals surface area (Å²) in [5.74, 6) is 2.50. The molecule has 102 valence electrons. The van der Waals surface area contributed by atoms with Crippen molar-refractivity contribution in [3.63, 3.8) is 0 Å². The largest absolute Gasteiger partial charge is 0.497 e. The van der Waals surface area contributed by atoms with Crippen LogP contribution in [0.1, 0.15) is 11.6 Å². The van der Waals surface area contributed by atoms with E-state index in [1.165, 1.54) is 12.1 Å². The Morgan fingerprint density at radius 3 is 2.44 bits per heavy atom. The molecule has 2 aliphatic rings. The number of hydrogen-bond donors (Lipinski definition) is 2. The van der Waals surface area contributed by atoms with Crippen LogP contribution in [0.3, 0.4) is 0 Å². The molecule has 2 fully saturated rings. The Morgan fingerprint density at radius 1 is 1.06 bits per heavy atom. The van der Waals surface area contributed by atoms with Crippen molar-refractivity contribution in [1.29, 1.82) is 0 Å². The highest BCUT2D eigenvalue weighted by Crippen LogP contribution is 2.36. The van der Waals surface area contributed by atoms with Crippen molar-refractivity contribution in [2.24, 2.45) is 11.8 Å². The fourth-order valence-corrected chi connectivity index (χ4v) is 2.97. The molecule has 0 amide bonds. The van der Waals surface area contributed by atoms with Crippen molar-refractivity contribution in [2.45, 2.75) is 6.04 Å². The second kappa shape index (κ2) is 6.62. The van der Waals surface area contributed by atoms with Gasteiger partial charge in [-0.15, -0.1) is 24.8 Å². The molecule has 0 saturated carbocycles. The van der Waals surface area contributed by atoms with E-state index in [2.05, 4.69) is 22.8 Å². The minimum atomic E-state index is 0. The number of benzene rings is 1. The summed E-state index contributed by atoms with van der Waals surface area (Å²) in [4.78, 5) is 0. The lowest BCUT2D eigenvalue weighted by molar-refractivity contribution is 0.413. The van der Waals surface area contributed by atoms with E-state index in [0.717, 1.165) is 30.7 Å². The molecule has 3 atom stereocenters. The summed E-state index contributed by atoms with van der Waals surface area (Å²) < 4.78 is 5.19. The van der Waals surface area contributed by atoms with Crippen molar-refractivity contribution in [3.8, 4) is 5.75 Å². The quantitative estimate of drug-likeness (QED) is 0.874. The van der Waals surface area contributed by atoms with Gasteiger partial charge < -0.3 is 15.4 Å². The Kier molecular flexibility index (Phi) is 5.73. The summed E-state index contributed by atoms with van der Waals surface area (Å²) in [5, 5.41) is 7.11. The Hall–Kier alpha value is -0.480. The van der Waals surface area contributed by atoms with Gasteiger partial charge in [0.2, 0.25) is 0 Å². The summed E-state index contributed by atoms with van der Waals surface area (Å²) in [5.41, 5.74) is 1.39. The molecule has 0 spiro atoms. The zero-order valence-corrected chi connectivity index (χ0v) is 12.0. The summed E-state index contributed by atoms with van der Waals surface area (Å²) in [7, 11) is 1.71. The zero-order valence-electron chi connectivity index (χ0n) is 10.4. The smallest absolute Gasteiger partial charge is 0.118 e. The van der Waals surface area contributed by atoms with E-state index >= 15 is 0 Å². The molecule has 0 radical (unpaired) electrons. The molecular weight excluding hydrogens is 271 g/mol. The first-order valence-corrected chi connectivity index (χ1v) is 5.96. The molecule has 1 aromatic rings. The third-order valence-electron chi connectivity index (χ3n) is 3.90. The van der Waals surface area contributed by atoms with Crippen molar-refractivity contribution in [1.82, 2.24) is 10.6 Å². The first kappa shape index (κ1) is 15.6. The number of fused-ring (bicyclic) bond motifs is 1. The van der Waals surface area contributed by atoms with Gasteiger partial charge in [0.05, 0.1) is 7.11 Å². The van der Waals surface area contributed by atoms with Crippen molar-refractivity contribution < 1.29 is 4.74 Å².